The van der Waals surface area contributed by atoms with Gasteiger partial charge in [-0.1, -0.05) is 13.8 Å². The van der Waals surface area contributed by atoms with E-state index in [1.54, 1.807) is 0 Å². The van der Waals surface area contributed by atoms with E-state index in [9.17, 15) is 9.90 Å². The van der Waals surface area contributed by atoms with Gasteiger partial charge >= 0.3 is 6.09 Å². The Morgan fingerprint density at radius 3 is 2.33 bits per heavy atom. The second-order valence-electron chi connectivity index (χ2n) is 7.10. The Kier molecular flexibility index (Phi) is 4.01. The van der Waals surface area contributed by atoms with E-state index in [0.717, 1.165) is 12.8 Å². The van der Waals surface area contributed by atoms with Crippen LogP contribution >= 0.6 is 0 Å². The number of carbonyl (C=O) groups is 1. The molecule has 2 atom stereocenters. The quantitative estimate of drug-likeness (QED) is 0.799. The third-order valence-corrected chi connectivity index (χ3v) is 4.43. The monoisotopic (exact) mass is 257 g/mol. The van der Waals surface area contributed by atoms with Gasteiger partial charge in [-0.3, -0.25) is 0 Å². The minimum absolute atomic E-state index is 0.140. The third kappa shape index (κ3) is 2.97. The van der Waals surface area contributed by atoms with Crippen LogP contribution in [-0.2, 0) is 4.74 Å². The van der Waals surface area contributed by atoms with Crippen LogP contribution in [0.4, 0.5) is 4.79 Å². The average molecular weight is 257 g/mol. The van der Waals surface area contributed by atoms with Crippen molar-refractivity contribution in [1.29, 1.82) is 0 Å². The molecule has 4 heteroatoms. The molecule has 1 fully saturated rings. The second-order valence-corrected chi connectivity index (χ2v) is 7.10. The normalized spacial score (nSPS) is 31.2. The molecule has 0 aromatic heterocycles. The molecule has 0 unspecified atom stereocenters. The number of rotatable bonds is 2. The summed E-state index contributed by atoms with van der Waals surface area (Å²) in [5.41, 5.74) is -0.957. The van der Waals surface area contributed by atoms with Crippen molar-refractivity contribution in [2.45, 2.75) is 65.5 Å². The number of aliphatic hydroxyl groups is 1. The van der Waals surface area contributed by atoms with Crippen LogP contribution in [0.25, 0.3) is 0 Å². The Morgan fingerprint density at radius 1 is 1.39 bits per heavy atom. The van der Waals surface area contributed by atoms with E-state index < -0.39 is 5.60 Å². The molecular formula is C14H27NO3. The molecule has 0 aliphatic heterocycles. The highest BCUT2D eigenvalue weighted by Crippen LogP contribution is 2.49. The van der Waals surface area contributed by atoms with Gasteiger partial charge in [0.15, 0.2) is 0 Å². The number of hydrogen-bond acceptors (Lipinski definition) is 3. The van der Waals surface area contributed by atoms with Gasteiger partial charge in [0, 0.05) is 12.1 Å². The zero-order valence-corrected chi connectivity index (χ0v) is 12.5. The van der Waals surface area contributed by atoms with Crippen molar-refractivity contribution in [3.8, 4) is 0 Å². The highest BCUT2D eigenvalue weighted by Gasteiger charge is 2.52. The molecular weight excluding hydrogens is 230 g/mol. The van der Waals surface area contributed by atoms with Gasteiger partial charge < -0.3 is 15.2 Å². The summed E-state index contributed by atoms with van der Waals surface area (Å²) in [6.45, 7) is 11.9. The molecule has 0 saturated heterocycles. The lowest BCUT2D eigenvalue weighted by atomic mass is 9.71. The van der Waals surface area contributed by atoms with Crippen LogP contribution in [0.1, 0.15) is 54.4 Å². The zero-order valence-electron chi connectivity index (χ0n) is 12.5. The summed E-state index contributed by atoms with van der Waals surface area (Å²) in [7, 11) is 0. The van der Waals surface area contributed by atoms with Crippen LogP contribution in [0.3, 0.4) is 0 Å². The molecule has 1 saturated carbocycles. The summed E-state index contributed by atoms with van der Waals surface area (Å²) >= 11 is 0. The topological polar surface area (TPSA) is 58.6 Å². The number of alkyl carbamates (subject to hydrolysis) is 1. The molecule has 0 bridgehead atoms. The van der Waals surface area contributed by atoms with Crippen LogP contribution in [0.5, 0.6) is 0 Å². The molecule has 1 rings (SSSR count). The van der Waals surface area contributed by atoms with E-state index >= 15 is 0 Å². The Balaban J connectivity index is 2.74. The molecule has 0 heterocycles. The zero-order chi connectivity index (χ0) is 14.2. The fraction of sp³-hybridized carbons (Fsp3) is 0.929. The Morgan fingerprint density at radius 2 is 1.94 bits per heavy atom. The summed E-state index contributed by atoms with van der Waals surface area (Å²) in [5, 5.41) is 12.4. The predicted octanol–water partition coefficient (Wildman–Crippen LogP) is 2.70. The second kappa shape index (κ2) is 4.72. The minimum Gasteiger partial charge on any atom is -0.444 e. The van der Waals surface area contributed by atoms with Gasteiger partial charge in [0.2, 0.25) is 0 Å². The predicted molar refractivity (Wildman–Crippen MR) is 71.4 cm³/mol. The molecule has 18 heavy (non-hydrogen) atoms. The largest absolute Gasteiger partial charge is 0.444 e. The number of hydrogen-bond donors (Lipinski definition) is 2. The maximum Gasteiger partial charge on any atom is 0.408 e. The summed E-state index contributed by atoms with van der Waals surface area (Å²) in [6, 6.07) is 0. The lowest BCUT2D eigenvalue weighted by molar-refractivity contribution is 0.0306. The number of amides is 1. The molecule has 1 amide bonds. The van der Waals surface area contributed by atoms with E-state index in [0.29, 0.717) is 0 Å². The first kappa shape index (κ1) is 15.3. The van der Waals surface area contributed by atoms with Crippen LogP contribution < -0.4 is 5.32 Å². The maximum atomic E-state index is 11.9. The van der Waals surface area contributed by atoms with Crippen LogP contribution in [-0.4, -0.2) is 28.9 Å². The van der Waals surface area contributed by atoms with Gasteiger partial charge in [-0.05, 0) is 51.9 Å². The van der Waals surface area contributed by atoms with Gasteiger partial charge in [-0.15, -0.1) is 0 Å². The Bertz CT molecular complexity index is 319. The summed E-state index contributed by atoms with van der Waals surface area (Å²) in [6.07, 6.45) is 1.41. The highest BCUT2D eigenvalue weighted by molar-refractivity contribution is 5.69. The van der Waals surface area contributed by atoms with Gasteiger partial charge in [-0.25, -0.2) is 4.79 Å². The number of carbonyl (C=O) groups excluding carboxylic acids is 1. The summed E-state index contributed by atoms with van der Waals surface area (Å²) in [5.74, 6) is 0.220. The van der Waals surface area contributed by atoms with E-state index in [1.165, 1.54) is 0 Å². The molecule has 0 aromatic rings. The van der Waals surface area contributed by atoms with Gasteiger partial charge in [0.25, 0.3) is 0 Å². The average Bonchev–Trinajstić information content (AvgIpc) is 2.34. The fourth-order valence-corrected chi connectivity index (χ4v) is 2.67. The lowest BCUT2D eigenvalue weighted by Crippen LogP contribution is -2.55. The van der Waals surface area contributed by atoms with Gasteiger partial charge in [-0.2, -0.15) is 0 Å². The van der Waals surface area contributed by atoms with E-state index in [-0.39, 0.29) is 29.6 Å². The van der Waals surface area contributed by atoms with Crippen LogP contribution in [0, 0.1) is 11.3 Å². The van der Waals surface area contributed by atoms with Crippen molar-refractivity contribution in [2.75, 3.05) is 6.61 Å². The lowest BCUT2D eigenvalue weighted by Gasteiger charge is -2.42. The first-order chi connectivity index (χ1) is 8.02. The minimum atomic E-state index is -0.487. The maximum absolute atomic E-state index is 11.9. The van der Waals surface area contributed by atoms with E-state index in [2.05, 4.69) is 19.2 Å². The van der Waals surface area contributed by atoms with Crippen molar-refractivity contribution in [3.05, 3.63) is 0 Å². The highest BCUT2D eigenvalue weighted by atomic mass is 16.6. The van der Waals surface area contributed by atoms with Crippen LogP contribution in [0.2, 0.25) is 0 Å². The van der Waals surface area contributed by atoms with Gasteiger partial charge in [0.1, 0.15) is 5.60 Å². The molecule has 0 radical (unpaired) electrons. The van der Waals surface area contributed by atoms with Crippen molar-refractivity contribution in [1.82, 2.24) is 5.32 Å². The molecule has 4 nitrogen and oxygen atoms in total. The van der Waals surface area contributed by atoms with Crippen molar-refractivity contribution >= 4 is 6.09 Å². The molecule has 106 valence electrons. The van der Waals surface area contributed by atoms with Crippen LogP contribution in [0.15, 0.2) is 0 Å². The Labute approximate surface area is 110 Å². The fourth-order valence-electron chi connectivity index (χ4n) is 2.67. The summed E-state index contributed by atoms with van der Waals surface area (Å²) in [4.78, 5) is 11.9. The molecule has 1 aliphatic rings. The Hall–Kier alpha value is -0.770. The summed E-state index contributed by atoms with van der Waals surface area (Å²) < 4.78 is 5.31. The first-order valence-corrected chi connectivity index (χ1v) is 6.64. The SMILES string of the molecule is CC(C)(C)OC(=O)N[C@@]1(C)CC[C@@H](CO)C1(C)C. The number of aliphatic hydroxyl groups excluding tert-OH is 1. The molecule has 0 spiro atoms. The van der Waals surface area contributed by atoms with E-state index in [4.69, 9.17) is 4.74 Å². The molecule has 2 N–H and O–H groups in total. The molecule has 0 aromatic carbocycles. The van der Waals surface area contributed by atoms with E-state index in [1.807, 2.05) is 27.7 Å². The molecule has 1 aliphatic carbocycles. The van der Waals surface area contributed by atoms with Crippen molar-refractivity contribution < 1.29 is 14.6 Å². The van der Waals surface area contributed by atoms with Gasteiger partial charge in [0.05, 0.1) is 0 Å². The third-order valence-electron chi connectivity index (χ3n) is 4.43. The van der Waals surface area contributed by atoms with Crippen molar-refractivity contribution in [2.24, 2.45) is 11.3 Å². The number of ether oxygens (including phenoxy) is 1. The smallest absolute Gasteiger partial charge is 0.408 e. The van der Waals surface area contributed by atoms with Crippen molar-refractivity contribution in [3.63, 3.8) is 0 Å². The number of nitrogens with one attached hydrogen (secondary N) is 1. The first-order valence-electron chi connectivity index (χ1n) is 6.64. The standard InChI is InChI=1S/C14H27NO3/c1-12(2,3)18-11(17)15-14(6)8-7-10(9-16)13(14,4)5/h10,16H,7-9H2,1-6H3,(H,15,17)/t10-,14-/m0/s1.